The third-order valence-electron chi connectivity index (χ3n) is 3.29. The van der Waals surface area contributed by atoms with Gasteiger partial charge in [-0.3, -0.25) is 4.79 Å². The Morgan fingerprint density at radius 3 is 2.31 bits per heavy atom. The van der Waals surface area contributed by atoms with E-state index in [-0.39, 0.29) is 17.3 Å². The molecule has 3 rings (SSSR count). The second-order valence-electron chi connectivity index (χ2n) is 5.33. The third kappa shape index (κ3) is 4.66. The van der Waals surface area contributed by atoms with Crippen molar-refractivity contribution in [3.8, 4) is 28.6 Å². The van der Waals surface area contributed by atoms with Gasteiger partial charge in [0.2, 0.25) is 0 Å². The van der Waals surface area contributed by atoms with Crippen LogP contribution in [0.5, 0.6) is 17.2 Å². The molecule has 4 nitrogen and oxygen atoms in total. The first-order valence-electron chi connectivity index (χ1n) is 7.56. The maximum absolute atomic E-state index is 12.4. The lowest BCUT2D eigenvalue weighted by molar-refractivity contribution is -0.153. The molecule has 0 saturated heterocycles. The number of halogens is 3. The first kappa shape index (κ1) is 17.6. The minimum atomic E-state index is -4.47. The fourth-order valence-corrected chi connectivity index (χ4v) is 2.22. The molecule has 0 bridgehead atoms. The van der Waals surface area contributed by atoms with Crippen LogP contribution in [0.2, 0.25) is 0 Å². The summed E-state index contributed by atoms with van der Waals surface area (Å²) in [5.74, 6) is 1.17. The third-order valence-corrected chi connectivity index (χ3v) is 3.29. The average Bonchev–Trinajstić information content (AvgIpc) is 3.09. The molecular formula is C19H13F3O4. The van der Waals surface area contributed by atoms with E-state index in [1.54, 1.807) is 36.4 Å². The number of furan rings is 1. The molecule has 0 saturated carbocycles. The Kier molecular flexibility index (Phi) is 4.97. The topological polar surface area (TPSA) is 48.7 Å². The van der Waals surface area contributed by atoms with E-state index in [2.05, 4.69) is 0 Å². The first-order valence-corrected chi connectivity index (χ1v) is 7.56. The number of rotatable bonds is 6. The van der Waals surface area contributed by atoms with Crippen LogP contribution >= 0.6 is 0 Å². The van der Waals surface area contributed by atoms with E-state index in [4.69, 9.17) is 13.9 Å². The van der Waals surface area contributed by atoms with Crippen LogP contribution in [-0.2, 0) is 0 Å². The van der Waals surface area contributed by atoms with Crippen molar-refractivity contribution in [1.82, 2.24) is 0 Å². The normalized spacial score (nSPS) is 11.2. The highest BCUT2D eigenvalue weighted by Crippen LogP contribution is 2.33. The summed E-state index contributed by atoms with van der Waals surface area (Å²) in [6.07, 6.45) is -3.93. The van der Waals surface area contributed by atoms with Crippen LogP contribution in [0.25, 0.3) is 11.3 Å². The summed E-state index contributed by atoms with van der Waals surface area (Å²) in [4.78, 5) is 10.8. The quantitative estimate of drug-likeness (QED) is 0.544. The Morgan fingerprint density at radius 1 is 0.923 bits per heavy atom. The van der Waals surface area contributed by atoms with Gasteiger partial charge in [-0.15, -0.1) is 0 Å². The summed E-state index contributed by atoms with van der Waals surface area (Å²) in [5.41, 5.74) is 0.420. The lowest BCUT2D eigenvalue weighted by Gasteiger charge is -2.13. The van der Waals surface area contributed by atoms with E-state index in [1.165, 1.54) is 18.2 Å². The number of hydrogen-bond donors (Lipinski definition) is 0. The number of hydrogen-bond acceptors (Lipinski definition) is 4. The van der Waals surface area contributed by atoms with Crippen molar-refractivity contribution in [3.05, 3.63) is 66.4 Å². The molecule has 3 aromatic rings. The van der Waals surface area contributed by atoms with Crippen LogP contribution in [0.1, 0.15) is 10.6 Å². The molecule has 0 aliphatic carbocycles. The molecule has 26 heavy (non-hydrogen) atoms. The Hall–Kier alpha value is -3.22. The summed E-state index contributed by atoms with van der Waals surface area (Å²) in [5, 5.41) is 0. The molecule has 2 aromatic carbocycles. The summed E-state index contributed by atoms with van der Waals surface area (Å²) in [7, 11) is 0. The number of benzene rings is 2. The molecule has 0 N–H and O–H groups in total. The van der Waals surface area contributed by atoms with Gasteiger partial charge in [-0.05, 0) is 36.4 Å². The van der Waals surface area contributed by atoms with Gasteiger partial charge in [0.1, 0.15) is 23.0 Å². The molecule has 134 valence electrons. The van der Waals surface area contributed by atoms with E-state index in [0.29, 0.717) is 23.4 Å². The van der Waals surface area contributed by atoms with Crippen molar-refractivity contribution >= 4 is 6.29 Å². The van der Waals surface area contributed by atoms with Crippen molar-refractivity contribution in [2.45, 2.75) is 6.18 Å². The minimum Gasteiger partial charge on any atom is -0.484 e. The van der Waals surface area contributed by atoms with Gasteiger partial charge in [-0.25, -0.2) is 0 Å². The second-order valence-corrected chi connectivity index (χ2v) is 5.33. The Morgan fingerprint density at radius 2 is 1.65 bits per heavy atom. The predicted molar refractivity (Wildman–Crippen MR) is 87.6 cm³/mol. The largest absolute Gasteiger partial charge is 0.484 e. The fraction of sp³-hybridized carbons (Fsp3) is 0.105. The standard InChI is InChI=1S/C19H13F3O4/c20-19(21,22)12-24-16-8-13(18-7-6-15(11-23)26-18)9-17(10-16)25-14-4-2-1-3-5-14/h1-11H,12H2. The number of aldehydes is 1. The molecule has 0 amide bonds. The predicted octanol–water partition coefficient (Wildman–Crippen LogP) is 5.49. The zero-order valence-corrected chi connectivity index (χ0v) is 13.3. The lowest BCUT2D eigenvalue weighted by Crippen LogP contribution is -2.19. The van der Waals surface area contributed by atoms with Gasteiger partial charge in [0.05, 0.1) is 0 Å². The van der Waals surface area contributed by atoms with Crippen LogP contribution < -0.4 is 9.47 Å². The van der Waals surface area contributed by atoms with E-state index >= 15 is 0 Å². The van der Waals surface area contributed by atoms with Gasteiger partial charge in [0, 0.05) is 11.6 Å². The van der Waals surface area contributed by atoms with Gasteiger partial charge in [-0.1, -0.05) is 18.2 Å². The monoisotopic (exact) mass is 362 g/mol. The molecule has 0 aliphatic rings. The van der Waals surface area contributed by atoms with E-state index < -0.39 is 12.8 Å². The summed E-state index contributed by atoms with van der Waals surface area (Å²) < 4.78 is 53.2. The smallest absolute Gasteiger partial charge is 0.422 e. The highest BCUT2D eigenvalue weighted by Gasteiger charge is 2.28. The van der Waals surface area contributed by atoms with Crippen LogP contribution in [0.3, 0.4) is 0 Å². The summed E-state index contributed by atoms with van der Waals surface area (Å²) in [6.45, 7) is -1.43. The maximum Gasteiger partial charge on any atom is 0.422 e. The number of carbonyl (C=O) groups is 1. The molecule has 0 spiro atoms. The van der Waals surface area contributed by atoms with Crippen LogP contribution in [0.4, 0.5) is 13.2 Å². The molecule has 0 radical (unpaired) electrons. The highest BCUT2D eigenvalue weighted by molar-refractivity contribution is 5.73. The average molecular weight is 362 g/mol. The van der Waals surface area contributed by atoms with Gasteiger partial charge < -0.3 is 13.9 Å². The summed E-state index contributed by atoms with van der Waals surface area (Å²) in [6, 6.07) is 16.1. The van der Waals surface area contributed by atoms with Gasteiger partial charge in [-0.2, -0.15) is 13.2 Å². The van der Waals surface area contributed by atoms with Crippen LogP contribution in [0.15, 0.2) is 65.1 Å². The highest BCUT2D eigenvalue weighted by atomic mass is 19.4. The Bertz CT molecular complexity index is 885. The fourth-order valence-electron chi connectivity index (χ4n) is 2.22. The van der Waals surface area contributed by atoms with Gasteiger partial charge >= 0.3 is 6.18 Å². The van der Waals surface area contributed by atoms with Crippen molar-refractivity contribution in [2.75, 3.05) is 6.61 Å². The second kappa shape index (κ2) is 7.35. The molecular weight excluding hydrogens is 349 g/mol. The molecule has 0 aliphatic heterocycles. The molecule has 1 aromatic heterocycles. The number of ether oxygens (including phenoxy) is 2. The SMILES string of the molecule is O=Cc1ccc(-c2cc(OCC(F)(F)F)cc(Oc3ccccc3)c2)o1. The molecule has 0 fully saturated rings. The Balaban J connectivity index is 1.94. The van der Waals surface area contributed by atoms with Crippen molar-refractivity contribution < 1.29 is 31.9 Å². The van der Waals surface area contributed by atoms with E-state index in [0.717, 1.165) is 0 Å². The Labute approximate surface area is 146 Å². The zero-order valence-electron chi connectivity index (χ0n) is 13.3. The molecule has 7 heteroatoms. The number of alkyl halides is 3. The van der Waals surface area contributed by atoms with Crippen molar-refractivity contribution in [3.63, 3.8) is 0 Å². The maximum atomic E-state index is 12.4. The number of para-hydroxylation sites is 1. The number of carbonyl (C=O) groups excluding carboxylic acids is 1. The minimum absolute atomic E-state index is 0.0326. The van der Waals surface area contributed by atoms with Crippen LogP contribution in [-0.4, -0.2) is 19.1 Å². The molecule has 0 unspecified atom stereocenters. The van der Waals surface area contributed by atoms with Gasteiger partial charge in [0.25, 0.3) is 0 Å². The van der Waals surface area contributed by atoms with Crippen molar-refractivity contribution in [1.29, 1.82) is 0 Å². The van der Waals surface area contributed by atoms with E-state index in [1.807, 2.05) is 6.07 Å². The lowest BCUT2D eigenvalue weighted by atomic mass is 10.1. The van der Waals surface area contributed by atoms with E-state index in [9.17, 15) is 18.0 Å². The van der Waals surface area contributed by atoms with Gasteiger partial charge in [0.15, 0.2) is 18.7 Å². The molecule has 1 heterocycles. The first-order chi connectivity index (χ1) is 12.4. The molecule has 0 atom stereocenters. The van der Waals surface area contributed by atoms with Crippen LogP contribution in [0, 0.1) is 0 Å². The van der Waals surface area contributed by atoms with Crippen molar-refractivity contribution in [2.24, 2.45) is 0 Å². The summed E-state index contributed by atoms with van der Waals surface area (Å²) >= 11 is 0. The zero-order chi connectivity index (χ0) is 18.6.